The molecule has 1 saturated carbocycles. The molecule has 0 aromatic carbocycles. The van der Waals surface area contributed by atoms with Gasteiger partial charge in [0.25, 0.3) is 0 Å². The van der Waals surface area contributed by atoms with Gasteiger partial charge in [0.2, 0.25) is 11.2 Å². The van der Waals surface area contributed by atoms with Crippen LogP contribution in [0.5, 0.6) is 0 Å². The van der Waals surface area contributed by atoms with Gasteiger partial charge in [-0.15, -0.1) is 5.01 Å². The molecule has 0 spiro atoms. The molecule has 1 rings (SSSR count). The fraction of sp³-hybridized carbons (Fsp3) is 1.00. The largest absolute Gasteiger partial charge is 0.569 e. The summed E-state index contributed by atoms with van der Waals surface area (Å²) in [7, 11) is 1.59. The molecule has 0 radical (unpaired) electrons. The maximum Gasteiger partial charge on any atom is 0.248 e. The summed E-state index contributed by atoms with van der Waals surface area (Å²) in [5.74, 6) is -2.60. The van der Waals surface area contributed by atoms with Crippen molar-refractivity contribution in [1.29, 1.82) is 0 Å². The molecule has 1 aliphatic rings. The maximum absolute atomic E-state index is 12.9. The van der Waals surface area contributed by atoms with E-state index in [0.29, 0.717) is 4.97 Å². The Bertz CT molecular complexity index is 306. The van der Waals surface area contributed by atoms with E-state index in [0.717, 1.165) is 0 Å². The van der Waals surface area contributed by atoms with Gasteiger partial charge in [-0.3, -0.25) is 0 Å². The standard InChI is InChI=1S/C11H21F2N3O2/c1-10(2,3)15(4)16(17)14-18-9-5-7-11(12,13)8-6-9/h9H,5-8H2,1-4H3/b16-14-. The molecule has 7 heteroatoms. The van der Waals surface area contributed by atoms with Gasteiger partial charge in [-0.05, 0) is 33.6 Å². The van der Waals surface area contributed by atoms with E-state index < -0.39 is 12.0 Å². The monoisotopic (exact) mass is 265 g/mol. The van der Waals surface area contributed by atoms with Gasteiger partial charge in [0.15, 0.2) is 0 Å². The van der Waals surface area contributed by atoms with Crippen molar-refractivity contribution in [3.63, 3.8) is 0 Å². The number of alkyl halides is 2. The fourth-order valence-corrected chi connectivity index (χ4v) is 1.54. The van der Waals surface area contributed by atoms with Crippen LogP contribution in [0.4, 0.5) is 8.78 Å². The van der Waals surface area contributed by atoms with Gasteiger partial charge in [-0.25, -0.2) is 8.78 Å². The number of rotatable bonds is 3. The second-order valence-electron chi connectivity index (χ2n) is 5.69. The van der Waals surface area contributed by atoms with Crippen LogP contribution in [0.3, 0.4) is 0 Å². The lowest BCUT2D eigenvalue weighted by Crippen LogP contribution is -2.42. The number of hydrazine groups is 1. The second kappa shape index (κ2) is 5.24. The molecule has 0 amide bonds. The number of halogens is 2. The van der Waals surface area contributed by atoms with E-state index in [-0.39, 0.29) is 31.2 Å². The molecule has 0 aromatic heterocycles. The minimum Gasteiger partial charge on any atom is -0.569 e. The van der Waals surface area contributed by atoms with E-state index in [2.05, 4.69) is 5.28 Å². The van der Waals surface area contributed by atoms with E-state index in [9.17, 15) is 14.0 Å². The third-order valence-electron chi connectivity index (χ3n) is 3.16. The first-order valence-corrected chi connectivity index (χ1v) is 6.07. The van der Waals surface area contributed by atoms with E-state index in [1.165, 1.54) is 5.01 Å². The third-order valence-corrected chi connectivity index (χ3v) is 3.16. The Morgan fingerprint density at radius 3 is 2.28 bits per heavy atom. The highest BCUT2D eigenvalue weighted by molar-refractivity contribution is 4.77. The Kier molecular flexibility index (Phi) is 4.34. The average molecular weight is 265 g/mol. The summed E-state index contributed by atoms with van der Waals surface area (Å²) in [6.07, 6.45) is -0.357. The quantitative estimate of drug-likeness (QED) is 0.447. The summed E-state index contributed by atoms with van der Waals surface area (Å²) in [4.78, 5) is 5.37. The molecule has 1 aliphatic carbocycles. The van der Waals surface area contributed by atoms with E-state index in [4.69, 9.17) is 4.84 Å². The van der Waals surface area contributed by atoms with Gasteiger partial charge in [0, 0.05) is 12.8 Å². The highest BCUT2D eigenvalue weighted by Crippen LogP contribution is 2.34. The normalized spacial score (nSPS) is 21.8. The molecule has 0 aliphatic heterocycles. The molecule has 0 N–H and O–H groups in total. The summed E-state index contributed by atoms with van der Waals surface area (Å²) in [6, 6.07) is 0. The summed E-state index contributed by atoms with van der Waals surface area (Å²) in [6.45, 7) is 5.57. The maximum atomic E-state index is 12.9. The van der Waals surface area contributed by atoms with Gasteiger partial charge in [-0.2, -0.15) is 0 Å². The lowest BCUT2D eigenvalue weighted by atomic mass is 9.94. The van der Waals surface area contributed by atoms with E-state index in [1.807, 2.05) is 20.8 Å². The molecule has 0 bridgehead atoms. The van der Waals surface area contributed by atoms with Gasteiger partial charge in [0.05, 0.1) is 17.6 Å². The third kappa shape index (κ3) is 4.27. The molecule has 0 atom stereocenters. The fourth-order valence-electron chi connectivity index (χ4n) is 1.54. The number of nitrogens with zero attached hydrogens (tertiary/aromatic N) is 3. The Morgan fingerprint density at radius 1 is 1.33 bits per heavy atom. The Hall–Kier alpha value is -1.14. The van der Waals surface area contributed by atoms with E-state index in [1.54, 1.807) is 7.05 Å². The molecule has 1 fully saturated rings. The van der Waals surface area contributed by atoms with Gasteiger partial charge >= 0.3 is 0 Å². The van der Waals surface area contributed by atoms with Crippen LogP contribution < -0.4 is 0 Å². The summed E-state index contributed by atoms with van der Waals surface area (Å²) >= 11 is 0. The minimum atomic E-state index is -2.60. The van der Waals surface area contributed by atoms with Crippen LogP contribution in [0.2, 0.25) is 0 Å². The summed E-state index contributed by atoms with van der Waals surface area (Å²) < 4.78 is 25.8. The summed E-state index contributed by atoms with van der Waals surface area (Å²) in [5, 5.41) is 16.3. The average Bonchev–Trinajstić information content (AvgIpc) is 2.25. The first-order valence-electron chi connectivity index (χ1n) is 6.07. The second-order valence-corrected chi connectivity index (χ2v) is 5.69. The highest BCUT2D eigenvalue weighted by Gasteiger charge is 2.36. The molecule has 0 aromatic rings. The van der Waals surface area contributed by atoms with Gasteiger partial charge < -0.3 is 10.0 Å². The van der Waals surface area contributed by atoms with Crippen LogP contribution in [0, 0.1) is 5.21 Å². The Balaban J connectivity index is 2.45. The first kappa shape index (κ1) is 14.9. The van der Waals surface area contributed by atoms with Crippen molar-refractivity contribution in [3.8, 4) is 0 Å². The Labute approximate surface area is 106 Å². The lowest BCUT2D eigenvalue weighted by molar-refractivity contribution is -0.720. The van der Waals surface area contributed by atoms with Crippen molar-refractivity contribution in [1.82, 2.24) is 5.01 Å². The molecule has 0 saturated heterocycles. The van der Waals surface area contributed by atoms with Crippen molar-refractivity contribution >= 4 is 0 Å². The van der Waals surface area contributed by atoms with Crippen LogP contribution in [-0.2, 0) is 4.84 Å². The van der Waals surface area contributed by atoms with Crippen LogP contribution in [-0.4, -0.2) is 34.6 Å². The molecule has 0 heterocycles. The molecule has 5 nitrogen and oxygen atoms in total. The van der Waals surface area contributed by atoms with Crippen molar-refractivity contribution in [2.45, 2.75) is 64.0 Å². The highest BCUT2D eigenvalue weighted by atomic mass is 19.3. The predicted molar refractivity (Wildman–Crippen MR) is 61.9 cm³/mol. The van der Waals surface area contributed by atoms with Crippen molar-refractivity contribution < 1.29 is 18.6 Å². The molecule has 106 valence electrons. The Morgan fingerprint density at radius 2 is 1.83 bits per heavy atom. The molecule has 0 unspecified atom stereocenters. The first-order chi connectivity index (χ1) is 8.12. The van der Waals surface area contributed by atoms with E-state index >= 15 is 0 Å². The van der Waals surface area contributed by atoms with Crippen molar-refractivity contribution in [3.05, 3.63) is 5.21 Å². The molecular formula is C11H21F2N3O2. The zero-order chi connectivity index (χ0) is 14.0. The smallest absolute Gasteiger partial charge is 0.248 e. The zero-order valence-corrected chi connectivity index (χ0v) is 11.3. The van der Waals surface area contributed by atoms with Crippen LogP contribution in [0.25, 0.3) is 0 Å². The number of hydrogen-bond donors (Lipinski definition) is 0. The van der Waals surface area contributed by atoms with Gasteiger partial charge in [-0.1, -0.05) is 0 Å². The topological polar surface area (TPSA) is 50.9 Å². The molecule has 18 heavy (non-hydrogen) atoms. The molecular weight excluding hydrogens is 244 g/mol. The van der Waals surface area contributed by atoms with Gasteiger partial charge in [0.1, 0.15) is 6.10 Å². The van der Waals surface area contributed by atoms with Crippen molar-refractivity contribution in [2.75, 3.05) is 7.05 Å². The number of hydrogen-bond acceptors (Lipinski definition) is 3. The zero-order valence-electron chi connectivity index (χ0n) is 11.3. The SMILES string of the molecule is CN(/[N+]([O-])=N/OC1CCC(F)(F)CC1)C(C)(C)C. The predicted octanol–water partition coefficient (Wildman–Crippen LogP) is 3.10. The minimum absolute atomic E-state index is 0.207. The lowest BCUT2D eigenvalue weighted by Gasteiger charge is -2.28. The van der Waals surface area contributed by atoms with Crippen LogP contribution >= 0.6 is 0 Å². The van der Waals surface area contributed by atoms with Crippen LogP contribution in [0.1, 0.15) is 46.5 Å². The summed E-state index contributed by atoms with van der Waals surface area (Å²) in [5.41, 5.74) is -0.381. The van der Waals surface area contributed by atoms with Crippen molar-refractivity contribution in [2.24, 2.45) is 5.28 Å². The van der Waals surface area contributed by atoms with Crippen LogP contribution in [0.15, 0.2) is 5.28 Å².